The van der Waals surface area contributed by atoms with Gasteiger partial charge in [0, 0.05) is 6.54 Å². The van der Waals surface area contributed by atoms with E-state index in [4.69, 9.17) is 0 Å². The summed E-state index contributed by atoms with van der Waals surface area (Å²) in [5, 5.41) is 13.5. The molecule has 0 saturated heterocycles. The van der Waals surface area contributed by atoms with Gasteiger partial charge in [-0.25, -0.2) is 0 Å². The second-order valence-electron chi connectivity index (χ2n) is 7.38. The molecule has 0 aliphatic heterocycles. The van der Waals surface area contributed by atoms with Gasteiger partial charge in [0.15, 0.2) is 0 Å². The van der Waals surface area contributed by atoms with Gasteiger partial charge in [0.05, 0.1) is 6.10 Å². The zero-order valence-electron chi connectivity index (χ0n) is 16.1. The number of nitrogens with one attached hydrogen (secondary N) is 1. The predicted molar refractivity (Wildman–Crippen MR) is 112 cm³/mol. The topological polar surface area (TPSA) is 49.3 Å². The number of aliphatic hydroxyl groups excluding tert-OH is 1. The standard InChI is InChI=1S/C25H25NO2/c1-2-16-25(24(28)26-17-23(27)18-10-4-3-5-11-18)21-14-8-6-12-19(21)20-13-7-9-15-22(20)25/h3-15,23,27H,2,16-17H2,1H3,(H,26,28). The first-order chi connectivity index (χ1) is 13.7. The smallest absolute Gasteiger partial charge is 0.235 e. The molecule has 0 radical (unpaired) electrons. The average Bonchev–Trinajstić information content (AvgIpc) is 3.04. The van der Waals surface area contributed by atoms with Crippen LogP contribution in [0.2, 0.25) is 0 Å². The van der Waals surface area contributed by atoms with Crippen molar-refractivity contribution < 1.29 is 9.90 Å². The van der Waals surface area contributed by atoms with Crippen LogP contribution in [0.15, 0.2) is 78.9 Å². The molecule has 3 aromatic rings. The maximum atomic E-state index is 13.6. The van der Waals surface area contributed by atoms with Crippen molar-refractivity contribution in [2.45, 2.75) is 31.3 Å². The molecule has 0 aromatic heterocycles. The fraction of sp³-hybridized carbons (Fsp3) is 0.240. The van der Waals surface area contributed by atoms with E-state index in [1.807, 2.05) is 54.6 Å². The van der Waals surface area contributed by atoms with Crippen molar-refractivity contribution in [2.24, 2.45) is 0 Å². The van der Waals surface area contributed by atoms with Gasteiger partial charge in [0.25, 0.3) is 0 Å². The monoisotopic (exact) mass is 371 g/mol. The average molecular weight is 371 g/mol. The molecule has 0 spiro atoms. The highest BCUT2D eigenvalue weighted by Crippen LogP contribution is 2.51. The quantitative estimate of drug-likeness (QED) is 0.665. The van der Waals surface area contributed by atoms with Crippen LogP contribution in [0.1, 0.15) is 42.6 Å². The van der Waals surface area contributed by atoms with Crippen molar-refractivity contribution in [3.63, 3.8) is 0 Å². The lowest BCUT2D eigenvalue weighted by atomic mass is 9.73. The highest BCUT2D eigenvalue weighted by atomic mass is 16.3. The van der Waals surface area contributed by atoms with E-state index in [0.717, 1.165) is 40.7 Å². The molecule has 1 aliphatic rings. The van der Waals surface area contributed by atoms with Crippen LogP contribution in [0.3, 0.4) is 0 Å². The summed E-state index contributed by atoms with van der Waals surface area (Å²) in [6, 6.07) is 25.8. The number of amides is 1. The third kappa shape index (κ3) is 2.92. The number of rotatable bonds is 6. The van der Waals surface area contributed by atoms with E-state index >= 15 is 0 Å². The van der Waals surface area contributed by atoms with Crippen LogP contribution >= 0.6 is 0 Å². The second kappa shape index (κ2) is 7.61. The van der Waals surface area contributed by atoms with E-state index in [1.165, 1.54) is 0 Å². The number of hydrogen-bond donors (Lipinski definition) is 2. The Morgan fingerprint density at radius 2 is 1.43 bits per heavy atom. The maximum Gasteiger partial charge on any atom is 0.235 e. The SMILES string of the molecule is CCCC1(C(=O)NCC(O)c2ccccc2)c2ccccc2-c2ccccc21. The van der Waals surface area contributed by atoms with Gasteiger partial charge in [-0.05, 0) is 34.2 Å². The Bertz CT molecular complexity index is 935. The summed E-state index contributed by atoms with van der Waals surface area (Å²) >= 11 is 0. The van der Waals surface area contributed by atoms with Gasteiger partial charge in [-0.3, -0.25) is 4.79 Å². The Hall–Kier alpha value is -2.91. The van der Waals surface area contributed by atoms with Crippen LogP contribution in [0.25, 0.3) is 11.1 Å². The van der Waals surface area contributed by atoms with Crippen LogP contribution in [0.5, 0.6) is 0 Å². The van der Waals surface area contributed by atoms with Crippen LogP contribution < -0.4 is 5.32 Å². The van der Waals surface area contributed by atoms with Crippen molar-refractivity contribution >= 4 is 5.91 Å². The molecule has 0 heterocycles. The zero-order chi connectivity index (χ0) is 19.6. The fourth-order valence-electron chi connectivity index (χ4n) is 4.46. The summed E-state index contributed by atoms with van der Waals surface area (Å²) in [4.78, 5) is 13.6. The molecule has 3 heteroatoms. The van der Waals surface area contributed by atoms with Gasteiger partial charge < -0.3 is 10.4 Å². The molecule has 28 heavy (non-hydrogen) atoms. The molecule has 142 valence electrons. The zero-order valence-corrected chi connectivity index (χ0v) is 16.1. The summed E-state index contributed by atoms with van der Waals surface area (Å²) < 4.78 is 0. The molecule has 1 atom stereocenters. The van der Waals surface area contributed by atoms with Crippen molar-refractivity contribution in [1.82, 2.24) is 5.32 Å². The minimum Gasteiger partial charge on any atom is -0.387 e. The van der Waals surface area contributed by atoms with Gasteiger partial charge >= 0.3 is 0 Å². The van der Waals surface area contributed by atoms with E-state index in [1.54, 1.807) is 0 Å². The minimum atomic E-state index is -0.726. The van der Waals surface area contributed by atoms with Crippen molar-refractivity contribution in [1.29, 1.82) is 0 Å². The molecule has 0 bridgehead atoms. The number of carbonyl (C=O) groups is 1. The second-order valence-corrected chi connectivity index (χ2v) is 7.38. The summed E-state index contributed by atoms with van der Waals surface area (Å²) in [5.74, 6) is -0.0401. The van der Waals surface area contributed by atoms with Crippen LogP contribution in [0, 0.1) is 0 Å². The van der Waals surface area contributed by atoms with E-state index in [-0.39, 0.29) is 12.5 Å². The fourth-order valence-corrected chi connectivity index (χ4v) is 4.46. The first-order valence-electron chi connectivity index (χ1n) is 9.89. The lowest BCUT2D eigenvalue weighted by Gasteiger charge is -2.31. The number of aliphatic hydroxyl groups is 1. The van der Waals surface area contributed by atoms with Crippen molar-refractivity contribution in [3.05, 3.63) is 95.6 Å². The Morgan fingerprint density at radius 3 is 2.00 bits per heavy atom. The molecule has 3 nitrogen and oxygen atoms in total. The van der Waals surface area contributed by atoms with Gasteiger partial charge in [-0.1, -0.05) is 92.2 Å². The molecular weight excluding hydrogens is 346 g/mol. The summed E-state index contributed by atoms with van der Waals surface area (Å²) in [5.41, 5.74) is 4.47. The van der Waals surface area contributed by atoms with Gasteiger partial charge in [0.2, 0.25) is 5.91 Å². The van der Waals surface area contributed by atoms with Crippen LogP contribution in [-0.4, -0.2) is 17.6 Å². The van der Waals surface area contributed by atoms with Crippen LogP contribution in [-0.2, 0) is 10.2 Å². The lowest BCUT2D eigenvalue weighted by Crippen LogP contribution is -2.45. The Balaban J connectivity index is 1.69. The molecule has 0 saturated carbocycles. The first kappa shape index (κ1) is 18.5. The van der Waals surface area contributed by atoms with E-state index in [0.29, 0.717) is 0 Å². The van der Waals surface area contributed by atoms with Gasteiger partial charge in [-0.2, -0.15) is 0 Å². The Morgan fingerprint density at radius 1 is 0.893 bits per heavy atom. The number of benzene rings is 3. The van der Waals surface area contributed by atoms with Gasteiger partial charge in [0.1, 0.15) is 5.41 Å². The highest BCUT2D eigenvalue weighted by molar-refractivity contribution is 6.00. The highest BCUT2D eigenvalue weighted by Gasteiger charge is 2.48. The minimum absolute atomic E-state index is 0.0401. The number of carbonyl (C=O) groups excluding carboxylic acids is 1. The van der Waals surface area contributed by atoms with Gasteiger partial charge in [-0.15, -0.1) is 0 Å². The molecule has 1 aliphatic carbocycles. The summed E-state index contributed by atoms with van der Waals surface area (Å²) in [6.07, 6.45) is 0.890. The van der Waals surface area contributed by atoms with Crippen molar-refractivity contribution in [3.8, 4) is 11.1 Å². The van der Waals surface area contributed by atoms with Crippen LogP contribution in [0.4, 0.5) is 0 Å². The van der Waals surface area contributed by atoms with Crippen molar-refractivity contribution in [2.75, 3.05) is 6.54 Å². The Labute approximate surface area is 166 Å². The predicted octanol–water partition coefficient (Wildman–Crippen LogP) is 4.60. The maximum absolute atomic E-state index is 13.6. The summed E-state index contributed by atoms with van der Waals surface area (Å²) in [7, 11) is 0. The normalized spacial score (nSPS) is 14.8. The first-order valence-corrected chi connectivity index (χ1v) is 9.89. The molecule has 3 aromatic carbocycles. The molecule has 1 unspecified atom stereocenters. The lowest BCUT2D eigenvalue weighted by molar-refractivity contribution is -0.126. The largest absolute Gasteiger partial charge is 0.387 e. The van der Waals surface area contributed by atoms with E-state index in [9.17, 15) is 9.90 Å². The third-order valence-corrected chi connectivity index (χ3v) is 5.72. The summed E-state index contributed by atoms with van der Waals surface area (Å²) in [6.45, 7) is 2.30. The Kier molecular flexibility index (Phi) is 5.01. The van der Waals surface area contributed by atoms with E-state index < -0.39 is 11.5 Å². The third-order valence-electron chi connectivity index (χ3n) is 5.72. The molecule has 4 rings (SSSR count). The molecule has 0 fully saturated rings. The number of fused-ring (bicyclic) bond motifs is 3. The molecular formula is C25H25NO2. The number of hydrogen-bond acceptors (Lipinski definition) is 2. The molecule has 2 N–H and O–H groups in total. The van der Waals surface area contributed by atoms with E-state index in [2.05, 4.69) is 36.5 Å². The molecule has 1 amide bonds.